The Bertz CT molecular complexity index is 229. The Hall–Kier alpha value is 0.0869. The van der Waals surface area contributed by atoms with Gasteiger partial charge in [0.2, 0.25) is 0 Å². The van der Waals surface area contributed by atoms with Gasteiger partial charge in [-0.15, -0.1) is 0 Å². The molecule has 1 N–H and O–H groups in total. The Balaban J connectivity index is 2.81. The van der Waals surface area contributed by atoms with E-state index in [-0.39, 0.29) is 0 Å². The summed E-state index contributed by atoms with van der Waals surface area (Å²) in [7, 11) is -6.72. The third kappa shape index (κ3) is 1.81. The minimum Gasteiger partial charge on any atom is -0.402 e. The van der Waals surface area contributed by atoms with Gasteiger partial charge in [-0.05, 0) is 19.0 Å². The van der Waals surface area contributed by atoms with E-state index in [1.165, 1.54) is 0 Å². The van der Waals surface area contributed by atoms with Crippen LogP contribution in [0.15, 0.2) is 0 Å². The average molecular weight is 196 g/mol. The zero-order valence-electron chi connectivity index (χ0n) is 6.41. The van der Waals surface area contributed by atoms with Gasteiger partial charge in [-0.25, -0.2) is 8.42 Å². The second kappa shape index (κ2) is 2.85. The van der Waals surface area contributed by atoms with Crippen molar-refractivity contribution >= 4 is 17.0 Å². The molecule has 1 rings (SSSR count). The average Bonchev–Trinajstić information content (AvgIpc) is 1.87. The largest absolute Gasteiger partial charge is 0.402 e. The van der Waals surface area contributed by atoms with Crippen LogP contribution < -0.4 is 0 Å². The fourth-order valence-electron chi connectivity index (χ4n) is 1.11. The summed E-state index contributed by atoms with van der Waals surface area (Å²) >= 11 is 0. The van der Waals surface area contributed by atoms with Gasteiger partial charge in [-0.2, -0.15) is 0 Å². The molecule has 1 unspecified atom stereocenters. The Morgan fingerprint density at radius 2 is 2.09 bits per heavy atom. The van der Waals surface area contributed by atoms with E-state index in [9.17, 15) is 8.42 Å². The molecule has 0 bridgehead atoms. The lowest BCUT2D eigenvalue weighted by Gasteiger charge is -2.27. The standard InChI is InChI=1S/C5H12O4SSi/c1-11(10(6,7)8)5-3-2-4-9-11/h2-5H2,1H3,(H,6,7,8). The summed E-state index contributed by atoms with van der Waals surface area (Å²) in [5.41, 5.74) is 0. The van der Waals surface area contributed by atoms with E-state index in [1.807, 2.05) is 0 Å². The van der Waals surface area contributed by atoms with Crippen LogP contribution in [0.4, 0.5) is 0 Å². The van der Waals surface area contributed by atoms with Gasteiger partial charge in [0.05, 0.1) is 0 Å². The normalized spacial score (nSPS) is 33.6. The maximum Gasteiger partial charge on any atom is 0.359 e. The van der Waals surface area contributed by atoms with Gasteiger partial charge in [0.1, 0.15) is 0 Å². The summed E-state index contributed by atoms with van der Waals surface area (Å²) in [6, 6.07) is 0.520. The quantitative estimate of drug-likeness (QED) is 0.496. The van der Waals surface area contributed by atoms with Crippen molar-refractivity contribution in [2.45, 2.75) is 25.4 Å². The molecule has 0 radical (unpaired) electrons. The fourth-order valence-corrected chi connectivity index (χ4v) is 5.04. The molecule has 0 amide bonds. The van der Waals surface area contributed by atoms with Gasteiger partial charge in [-0.3, -0.25) is 4.55 Å². The molecule has 1 heterocycles. The summed E-state index contributed by atoms with van der Waals surface area (Å²) in [4.78, 5) is 0. The van der Waals surface area contributed by atoms with Crippen LogP contribution in [0.25, 0.3) is 0 Å². The third-order valence-electron chi connectivity index (χ3n) is 1.98. The van der Waals surface area contributed by atoms with Crippen LogP contribution in [0.1, 0.15) is 12.8 Å². The molecule has 66 valence electrons. The molecule has 4 nitrogen and oxygen atoms in total. The highest BCUT2D eigenvalue weighted by Crippen LogP contribution is 2.25. The zero-order valence-corrected chi connectivity index (χ0v) is 8.23. The van der Waals surface area contributed by atoms with E-state index in [0.717, 1.165) is 12.8 Å². The molecule has 11 heavy (non-hydrogen) atoms. The Labute approximate surface area is 67.1 Å². The Kier molecular flexibility index (Phi) is 2.38. The fraction of sp³-hybridized carbons (Fsp3) is 1.00. The predicted molar refractivity (Wildman–Crippen MR) is 43.2 cm³/mol. The van der Waals surface area contributed by atoms with Gasteiger partial charge in [0, 0.05) is 6.61 Å². The molecular weight excluding hydrogens is 184 g/mol. The third-order valence-corrected chi connectivity index (χ3v) is 9.39. The van der Waals surface area contributed by atoms with Crippen molar-refractivity contribution in [3.63, 3.8) is 0 Å². The smallest absolute Gasteiger partial charge is 0.359 e. The van der Waals surface area contributed by atoms with E-state index in [4.69, 9.17) is 8.98 Å². The van der Waals surface area contributed by atoms with Crippen LogP contribution in [-0.4, -0.2) is 27.0 Å². The van der Waals surface area contributed by atoms with Crippen LogP contribution in [0.3, 0.4) is 0 Å². The van der Waals surface area contributed by atoms with Crippen molar-refractivity contribution < 1.29 is 17.4 Å². The Morgan fingerprint density at radius 3 is 2.36 bits per heavy atom. The number of hydrogen-bond donors (Lipinski definition) is 1. The molecule has 1 aliphatic rings. The molecule has 0 spiro atoms. The van der Waals surface area contributed by atoms with Crippen molar-refractivity contribution in [2.75, 3.05) is 6.61 Å². The lowest BCUT2D eigenvalue weighted by molar-refractivity contribution is 0.279. The molecule has 1 fully saturated rings. The van der Waals surface area contributed by atoms with Crippen LogP contribution in [0.5, 0.6) is 0 Å². The van der Waals surface area contributed by atoms with Crippen LogP contribution in [0, 0.1) is 0 Å². The van der Waals surface area contributed by atoms with Crippen LogP contribution in [-0.2, 0) is 14.0 Å². The monoisotopic (exact) mass is 196 g/mol. The summed E-state index contributed by atoms with van der Waals surface area (Å²) in [6.07, 6.45) is 1.75. The molecule has 0 aromatic carbocycles. The van der Waals surface area contributed by atoms with Crippen LogP contribution >= 0.6 is 0 Å². The highest BCUT2D eigenvalue weighted by atomic mass is 32.4. The predicted octanol–water partition coefficient (Wildman–Crippen LogP) is 0.757. The molecule has 0 aromatic rings. The first kappa shape index (κ1) is 9.18. The molecule has 1 saturated heterocycles. The first-order chi connectivity index (χ1) is 4.96. The van der Waals surface area contributed by atoms with E-state index in [2.05, 4.69) is 0 Å². The van der Waals surface area contributed by atoms with E-state index < -0.39 is 17.0 Å². The molecular formula is C5H12O4SSi. The topological polar surface area (TPSA) is 63.6 Å². The van der Waals surface area contributed by atoms with Gasteiger partial charge in [0.25, 0.3) is 9.57 Å². The SMILES string of the molecule is C[Si]1(S(=O)(=O)O)CCCCO1. The molecule has 6 heteroatoms. The lowest BCUT2D eigenvalue weighted by Crippen LogP contribution is -2.46. The van der Waals surface area contributed by atoms with Crippen LogP contribution in [0.2, 0.25) is 12.6 Å². The van der Waals surface area contributed by atoms with Gasteiger partial charge in [-0.1, -0.05) is 6.42 Å². The second-order valence-electron chi connectivity index (χ2n) is 2.91. The molecule has 0 aromatic heterocycles. The maximum absolute atomic E-state index is 10.8. The minimum absolute atomic E-state index is 0.475. The molecule has 0 aliphatic carbocycles. The minimum atomic E-state index is -3.91. The van der Waals surface area contributed by atoms with Gasteiger partial charge in [0.15, 0.2) is 0 Å². The van der Waals surface area contributed by atoms with Gasteiger partial charge >= 0.3 is 7.47 Å². The van der Waals surface area contributed by atoms with E-state index in [1.54, 1.807) is 6.55 Å². The Morgan fingerprint density at radius 1 is 1.45 bits per heavy atom. The lowest BCUT2D eigenvalue weighted by atomic mass is 10.4. The van der Waals surface area contributed by atoms with E-state index >= 15 is 0 Å². The van der Waals surface area contributed by atoms with Crippen molar-refractivity contribution in [3.05, 3.63) is 0 Å². The first-order valence-corrected chi connectivity index (χ1v) is 8.35. The van der Waals surface area contributed by atoms with Crippen molar-refractivity contribution in [1.82, 2.24) is 0 Å². The summed E-state index contributed by atoms with van der Waals surface area (Å²) < 4.78 is 35.5. The summed E-state index contributed by atoms with van der Waals surface area (Å²) in [5, 5.41) is 0. The van der Waals surface area contributed by atoms with Crippen molar-refractivity contribution in [1.29, 1.82) is 0 Å². The van der Waals surface area contributed by atoms with E-state index in [0.29, 0.717) is 12.7 Å². The molecule has 0 saturated carbocycles. The molecule has 1 atom stereocenters. The van der Waals surface area contributed by atoms with Gasteiger partial charge < -0.3 is 4.43 Å². The van der Waals surface area contributed by atoms with Crippen molar-refractivity contribution in [2.24, 2.45) is 0 Å². The number of hydrogen-bond acceptors (Lipinski definition) is 3. The zero-order chi connectivity index (χ0) is 8.54. The highest BCUT2D eigenvalue weighted by molar-refractivity contribution is 8.17. The first-order valence-electron chi connectivity index (χ1n) is 3.57. The molecule has 1 aliphatic heterocycles. The second-order valence-corrected chi connectivity index (χ2v) is 11.1. The number of rotatable bonds is 1. The van der Waals surface area contributed by atoms with Crippen molar-refractivity contribution in [3.8, 4) is 0 Å². The highest BCUT2D eigenvalue weighted by Gasteiger charge is 2.45. The maximum atomic E-state index is 10.8. The summed E-state index contributed by atoms with van der Waals surface area (Å²) in [5.74, 6) is 0. The summed E-state index contributed by atoms with van der Waals surface area (Å²) in [6.45, 7) is 2.02.